The predicted octanol–water partition coefficient (Wildman–Crippen LogP) is 3.98. The van der Waals surface area contributed by atoms with Crippen LogP contribution in [0.25, 0.3) is 0 Å². The molecule has 4 heteroatoms. The van der Waals surface area contributed by atoms with Crippen molar-refractivity contribution in [3.63, 3.8) is 0 Å². The molecule has 1 fully saturated rings. The van der Waals surface area contributed by atoms with Crippen molar-refractivity contribution in [2.45, 2.75) is 37.6 Å². The summed E-state index contributed by atoms with van der Waals surface area (Å²) in [6.07, 6.45) is 4.54. The first kappa shape index (κ1) is 9.18. The highest BCUT2D eigenvalue weighted by molar-refractivity contribution is 7.65. The molecule has 1 rings (SSSR count). The second-order valence-corrected chi connectivity index (χ2v) is 11.9. The molecular weight excluding hydrogens is 207 g/mol. The second kappa shape index (κ2) is 2.85. The normalized spacial score (nSPS) is 24.0. The molecule has 1 aliphatic rings. The van der Waals surface area contributed by atoms with E-state index in [0.717, 1.165) is 19.3 Å². The Hall–Kier alpha value is 1.09. The summed E-state index contributed by atoms with van der Waals surface area (Å²) in [7, 11) is 0. The summed E-state index contributed by atoms with van der Waals surface area (Å²) >= 11 is 17.9. The van der Waals surface area contributed by atoms with Gasteiger partial charge in [0, 0.05) is 5.04 Å². The Bertz CT molecular complexity index is 120. The maximum absolute atomic E-state index is 5.96. The van der Waals surface area contributed by atoms with Crippen molar-refractivity contribution in [3.05, 3.63) is 0 Å². The van der Waals surface area contributed by atoms with E-state index < -0.39 is 6.00 Å². The molecule has 0 spiro atoms. The highest BCUT2D eigenvalue weighted by Crippen LogP contribution is 2.61. The van der Waals surface area contributed by atoms with E-state index in [1.54, 1.807) is 0 Å². The van der Waals surface area contributed by atoms with Crippen LogP contribution in [0.15, 0.2) is 0 Å². The van der Waals surface area contributed by atoms with Gasteiger partial charge < -0.3 is 0 Å². The van der Waals surface area contributed by atoms with Crippen molar-refractivity contribution < 1.29 is 0 Å². The third-order valence-corrected chi connectivity index (χ3v) is 8.25. The molecule has 0 aromatic carbocycles. The Morgan fingerprint density at radius 2 is 1.80 bits per heavy atom. The van der Waals surface area contributed by atoms with E-state index in [4.69, 9.17) is 33.2 Å². The molecule has 0 N–H and O–H groups in total. The molecule has 0 aliphatic heterocycles. The van der Waals surface area contributed by atoms with Crippen LogP contribution in [0.1, 0.15) is 32.6 Å². The van der Waals surface area contributed by atoms with E-state index in [1.165, 1.54) is 6.42 Å². The largest absolute Gasteiger partial charge is 0.347 e. The molecule has 0 saturated heterocycles. The minimum absolute atomic E-state index is 0.137. The van der Waals surface area contributed by atoms with Crippen LogP contribution >= 0.6 is 33.2 Å². The van der Waals surface area contributed by atoms with Gasteiger partial charge in [-0.25, -0.2) is 0 Å². The van der Waals surface area contributed by atoms with Gasteiger partial charge in [-0.2, -0.15) is 0 Å². The number of rotatable bonds is 2. The summed E-state index contributed by atoms with van der Waals surface area (Å²) < 4.78 is 0. The molecule has 10 heavy (non-hydrogen) atoms. The molecule has 60 valence electrons. The lowest BCUT2D eigenvalue weighted by Crippen LogP contribution is -2.38. The zero-order chi connectivity index (χ0) is 7.83. The van der Waals surface area contributed by atoms with Crippen LogP contribution in [0.2, 0.25) is 5.04 Å². The Morgan fingerprint density at radius 3 is 1.80 bits per heavy atom. The fourth-order valence-corrected chi connectivity index (χ4v) is 5.67. The van der Waals surface area contributed by atoms with E-state index in [-0.39, 0.29) is 5.04 Å². The molecule has 0 nitrogen and oxygen atoms in total. The molecule has 0 radical (unpaired) electrons. The van der Waals surface area contributed by atoms with Gasteiger partial charge in [-0.15, -0.1) is 33.2 Å². The van der Waals surface area contributed by atoms with Gasteiger partial charge in [0.2, 0.25) is 0 Å². The van der Waals surface area contributed by atoms with Gasteiger partial charge in [-0.05, 0) is 19.3 Å². The third-order valence-electron chi connectivity index (χ3n) is 2.59. The van der Waals surface area contributed by atoms with E-state index in [9.17, 15) is 0 Å². The molecule has 0 aromatic heterocycles. The van der Waals surface area contributed by atoms with E-state index in [1.807, 2.05) is 0 Å². The van der Waals surface area contributed by atoms with Gasteiger partial charge in [0.1, 0.15) is 0 Å². The molecule has 1 aliphatic carbocycles. The fraction of sp³-hybridized carbons (Fsp3) is 1.00. The van der Waals surface area contributed by atoms with Gasteiger partial charge in [-0.1, -0.05) is 13.3 Å². The molecule has 0 atom stereocenters. The van der Waals surface area contributed by atoms with E-state index in [2.05, 4.69) is 6.92 Å². The molecule has 0 unspecified atom stereocenters. The topological polar surface area (TPSA) is 0 Å². The zero-order valence-electron chi connectivity index (χ0n) is 5.96. The number of hydrogen-bond acceptors (Lipinski definition) is 0. The SMILES string of the molecule is CCC1([Si](Cl)(Cl)Cl)CCC1. The van der Waals surface area contributed by atoms with Crippen LogP contribution in [0.3, 0.4) is 0 Å². The fourth-order valence-electron chi connectivity index (χ4n) is 1.44. The Labute approximate surface area is 77.0 Å². The van der Waals surface area contributed by atoms with Crippen molar-refractivity contribution in [1.82, 2.24) is 0 Å². The van der Waals surface area contributed by atoms with Crippen LogP contribution in [-0.4, -0.2) is 6.00 Å². The Kier molecular flexibility index (Phi) is 2.62. The zero-order valence-corrected chi connectivity index (χ0v) is 9.23. The summed E-state index contributed by atoms with van der Waals surface area (Å²) in [5.41, 5.74) is 0. The lowest BCUT2D eigenvalue weighted by atomic mass is 9.82. The first-order valence-corrected chi connectivity index (χ1v) is 8.62. The molecule has 0 bridgehead atoms. The van der Waals surface area contributed by atoms with Crippen molar-refractivity contribution in [1.29, 1.82) is 0 Å². The average Bonchev–Trinajstić information content (AvgIpc) is 1.58. The Balaban J connectivity index is 2.65. The summed E-state index contributed by atoms with van der Waals surface area (Å²) in [6.45, 7) is 2.12. The lowest BCUT2D eigenvalue weighted by molar-refractivity contribution is 0.324. The van der Waals surface area contributed by atoms with Gasteiger partial charge in [0.15, 0.2) is 0 Å². The van der Waals surface area contributed by atoms with E-state index in [0.29, 0.717) is 0 Å². The first-order chi connectivity index (χ1) is 4.52. The highest BCUT2D eigenvalue weighted by atomic mass is 35.8. The van der Waals surface area contributed by atoms with Gasteiger partial charge in [0.05, 0.1) is 0 Å². The number of halogens is 3. The average molecular weight is 218 g/mol. The molecule has 0 heterocycles. The maximum Gasteiger partial charge on any atom is 0.347 e. The monoisotopic (exact) mass is 216 g/mol. The van der Waals surface area contributed by atoms with E-state index >= 15 is 0 Å². The van der Waals surface area contributed by atoms with Crippen LogP contribution < -0.4 is 0 Å². The quantitative estimate of drug-likeness (QED) is 0.485. The van der Waals surface area contributed by atoms with Crippen LogP contribution in [0.4, 0.5) is 0 Å². The lowest BCUT2D eigenvalue weighted by Gasteiger charge is -2.44. The van der Waals surface area contributed by atoms with Crippen molar-refractivity contribution >= 4 is 39.2 Å². The smallest absolute Gasteiger partial charge is 0.125 e. The van der Waals surface area contributed by atoms with Crippen molar-refractivity contribution in [2.75, 3.05) is 0 Å². The minimum atomic E-state index is -2.41. The van der Waals surface area contributed by atoms with Crippen molar-refractivity contribution in [3.8, 4) is 0 Å². The number of hydrogen-bond donors (Lipinski definition) is 0. The Morgan fingerprint density at radius 1 is 1.30 bits per heavy atom. The first-order valence-electron chi connectivity index (χ1n) is 3.58. The standard InChI is InChI=1S/C6H11Cl3Si/c1-2-6(4-3-5-6)10(7,8)9/h2-5H2,1H3. The third kappa shape index (κ3) is 1.34. The van der Waals surface area contributed by atoms with Crippen LogP contribution in [0, 0.1) is 0 Å². The molecule has 0 amide bonds. The summed E-state index contributed by atoms with van der Waals surface area (Å²) in [5, 5.41) is 0.137. The summed E-state index contributed by atoms with van der Waals surface area (Å²) in [6, 6.07) is -2.41. The maximum atomic E-state index is 5.96. The minimum Gasteiger partial charge on any atom is -0.125 e. The molecular formula is C6H11Cl3Si. The van der Waals surface area contributed by atoms with Crippen molar-refractivity contribution in [2.24, 2.45) is 0 Å². The van der Waals surface area contributed by atoms with Crippen LogP contribution in [0.5, 0.6) is 0 Å². The van der Waals surface area contributed by atoms with Gasteiger partial charge in [-0.3, -0.25) is 0 Å². The van der Waals surface area contributed by atoms with Gasteiger partial charge >= 0.3 is 6.00 Å². The summed E-state index contributed by atoms with van der Waals surface area (Å²) in [5.74, 6) is 0. The van der Waals surface area contributed by atoms with Gasteiger partial charge in [0.25, 0.3) is 0 Å². The van der Waals surface area contributed by atoms with Crippen LogP contribution in [-0.2, 0) is 0 Å². The molecule has 0 aromatic rings. The highest BCUT2D eigenvalue weighted by Gasteiger charge is 2.53. The molecule has 1 saturated carbocycles. The summed E-state index contributed by atoms with van der Waals surface area (Å²) in [4.78, 5) is 0. The second-order valence-electron chi connectivity index (χ2n) is 2.99. The predicted molar refractivity (Wildman–Crippen MR) is 50.1 cm³/mol.